The molecule has 0 aliphatic rings. The minimum atomic E-state index is -0.592. The van der Waals surface area contributed by atoms with E-state index in [0.717, 1.165) is 6.42 Å². The SMILES string of the molecule is CCCc1[nH]nc(C(=O)NCc2ccccn2)c1[N+](=O)[O-]. The quantitative estimate of drug-likeness (QED) is 0.619. The first-order valence-corrected chi connectivity index (χ1v) is 6.53. The molecule has 110 valence electrons. The number of aryl methyl sites for hydroxylation is 1. The zero-order valence-corrected chi connectivity index (χ0v) is 11.5. The third kappa shape index (κ3) is 3.41. The molecule has 2 rings (SSSR count). The number of H-pyrrole nitrogens is 1. The number of aromatic amines is 1. The zero-order valence-electron chi connectivity index (χ0n) is 11.5. The van der Waals surface area contributed by atoms with Crippen molar-refractivity contribution in [1.29, 1.82) is 0 Å². The predicted molar refractivity (Wildman–Crippen MR) is 74.6 cm³/mol. The number of nitrogens with one attached hydrogen (secondary N) is 2. The number of pyridine rings is 1. The van der Waals surface area contributed by atoms with Gasteiger partial charge in [-0.2, -0.15) is 5.10 Å². The first kappa shape index (κ1) is 14.6. The summed E-state index contributed by atoms with van der Waals surface area (Å²) in [5.41, 5.74) is 0.582. The number of rotatable bonds is 6. The van der Waals surface area contributed by atoms with Crippen LogP contribution in [-0.2, 0) is 13.0 Å². The van der Waals surface area contributed by atoms with Crippen LogP contribution in [0.5, 0.6) is 0 Å². The molecule has 0 atom stereocenters. The standard InChI is InChI=1S/C13H15N5O3/c1-2-5-10-12(18(20)21)11(17-16-10)13(19)15-8-9-6-3-4-7-14-9/h3-4,6-7H,2,5,8H2,1H3,(H,15,19)(H,16,17). The van der Waals surface area contributed by atoms with Crippen molar-refractivity contribution >= 4 is 11.6 Å². The average Bonchev–Trinajstić information content (AvgIpc) is 2.90. The van der Waals surface area contributed by atoms with Gasteiger partial charge in [-0.1, -0.05) is 19.4 Å². The maximum atomic E-state index is 12.0. The molecule has 8 heteroatoms. The van der Waals surface area contributed by atoms with E-state index >= 15 is 0 Å². The second-order valence-corrected chi connectivity index (χ2v) is 4.41. The van der Waals surface area contributed by atoms with Gasteiger partial charge in [-0.15, -0.1) is 0 Å². The Balaban J connectivity index is 2.14. The van der Waals surface area contributed by atoms with Gasteiger partial charge >= 0.3 is 5.69 Å². The van der Waals surface area contributed by atoms with Crippen molar-refractivity contribution < 1.29 is 9.72 Å². The Kier molecular flexibility index (Phi) is 4.60. The van der Waals surface area contributed by atoms with Crippen molar-refractivity contribution in [3.63, 3.8) is 0 Å². The smallest absolute Gasteiger partial charge is 0.322 e. The third-order valence-electron chi connectivity index (χ3n) is 2.87. The molecule has 1 amide bonds. The van der Waals surface area contributed by atoms with Gasteiger partial charge in [-0.05, 0) is 18.6 Å². The van der Waals surface area contributed by atoms with Crippen LogP contribution in [0.15, 0.2) is 24.4 Å². The van der Waals surface area contributed by atoms with Crippen LogP contribution in [0.25, 0.3) is 0 Å². The lowest BCUT2D eigenvalue weighted by atomic mass is 10.2. The van der Waals surface area contributed by atoms with E-state index in [1.54, 1.807) is 24.4 Å². The summed E-state index contributed by atoms with van der Waals surface area (Å²) in [6.45, 7) is 2.08. The van der Waals surface area contributed by atoms with Crippen LogP contribution in [0.4, 0.5) is 5.69 Å². The van der Waals surface area contributed by atoms with Crippen molar-refractivity contribution in [3.05, 3.63) is 51.6 Å². The fraction of sp³-hybridized carbons (Fsp3) is 0.308. The Morgan fingerprint density at radius 2 is 2.29 bits per heavy atom. The van der Waals surface area contributed by atoms with E-state index in [9.17, 15) is 14.9 Å². The molecule has 0 spiro atoms. The van der Waals surface area contributed by atoms with Crippen LogP contribution < -0.4 is 5.32 Å². The third-order valence-corrected chi connectivity index (χ3v) is 2.87. The van der Waals surface area contributed by atoms with Gasteiger partial charge < -0.3 is 5.32 Å². The number of carbonyl (C=O) groups excluding carboxylic acids is 1. The summed E-state index contributed by atoms with van der Waals surface area (Å²) in [6.07, 6.45) is 2.80. The molecule has 0 saturated heterocycles. The van der Waals surface area contributed by atoms with E-state index in [4.69, 9.17) is 0 Å². The Labute approximate surface area is 120 Å². The van der Waals surface area contributed by atoms with Gasteiger partial charge in [0.2, 0.25) is 5.69 Å². The monoisotopic (exact) mass is 289 g/mol. The van der Waals surface area contributed by atoms with Gasteiger partial charge in [0.1, 0.15) is 5.69 Å². The maximum Gasteiger partial charge on any atom is 0.322 e. The first-order valence-electron chi connectivity index (χ1n) is 6.53. The second-order valence-electron chi connectivity index (χ2n) is 4.41. The Hall–Kier alpha value is -2.77. The van der Waals surface area contributed by atoms with Gasteiger partial charge in [0.15, 0.2) is 0 Å². The highest BCUT2D eigenvalue weighted by Crippen LogP contribution is 2.22. The van der Waals surface area contributed by atoms with Crippen molar-refractivity contribution in [2.45, 2.75) is 26.3 Å². The van der Waals surface area contributed by atoms with E-state index in [1.165, 1.54) is 0 Å². The van der Waals surface area contributed by atoms with Crippen LogP contribution in [0.3, 0.4) is 0 Å². The van der Waals surface area contributed by atoms with Crippen LogP contribution >= 0.6 is 0 Å². The van der Waals surface area contributed by atoms with Crippen LogP contribution in [0, 0.1) is 10.1 Å². The summed E-state index contributed by atoms with van der Waals surface area (Å²) in [5, 5.41) is 20.0. The predicted octanol–water partition coefficient (Wildman–Crippen LogP) is 1.60. The first-order chi connectivity index (χ1) is 10.1. The Morgan fingerprint density at radius 3 is 2.90 bits per heavy atom. The summed E-state index contributed by atoms with van der Waals surface area (Å²) >= 11 is 0. The molecule has 0 saturated carbocycles. The fourth-order valence-corrected chi connectivity index (χ4v) is 1.91. The topological polar surface area (TPSA) is 114 Å². The molecule has 2 heterocycles. The normalized spacial score (nSPS) is 10.3. The number of nitro groups is 1. The summed E-state index contributed by atoms with van der Waals surface area (Å²) in [4.78, 5) is 26.6. The largest absolute Gasteiger partial charge is 0.345 e. The molecule has 0 aliphatic carbocycles. The highest BCUT2D eigenvalue weighted by Gasteiger charge is 2.28. The number of hydrogen-bond donors (Lipinski definition) is 2. The lowest BCUT2D eigenvalue weighted by molar-refractivity contribution is -0.385. The maximum absolute atomic E-state index is 12.0. The molecule has 2 aromatic rings. The molecule has 2 aromatic heterocycles. The summed E-state index contributed by atoms with van der Waals surface area (Å²) in [5.74, 6) is -0.592. The van der Waals surface area contributed by atoms with E-state index in [2.05, 4.69) is 20.5 Å². The van der Waals surface area contributed by atoms with Crippen molar-refractivity contribution in [2.24, 2.45) is 0 Å². The molecular weight excluding hydrogens is 274 g/mol. The molecule has 0 aliphatic heterocycles. The highest BCUT2D eigenvalue weighted by atomic mass is 16.6. The highest BCUT2D eigenvalue weighted by molar-refractivity contribution is 5.96. The van der Waals surface area contributed by atoms with Crippen LogP contribution in [-0.4, -0.2) is 26.0 Å². The van der Waals surface area contributed by atoms with E-state index in [1.807, 2.05) is 6.92 Å². The average molecular weight is 289 g/mol. The molecule has 0 radical (unpaired) electrons. The zero-order chi connectivity index (χ0) is 15.2. The van der Waals surface area contributed by atoms with Gasteiger partial charge in [0.05, 0.1) is 17.2 Å². The molecule has 8 nitrogen and oxygen atoms in total. The van der Waals surface area contributed by atoms with Crippen LogP contribution in [0.2, 0.25) is 0 Å². The Bertz CT molecular complexity index is 639. The molecule has 0 bridgehead atoms. The summed E-state index contributed by atoms with van der Waals surface area (Å²) < 4.78 is 0. The van der Waals surface area contributed by atoms with Gasteiger partial charge in [-0.3, -0.25) is 25.0 Å². The Morgan fingerprint density at radius 1 is 1.48 bits per heavy atom. The summed E-state index contributed by atoms with van der Waals surface area (Å²) in [7, 11) is 0. The second kappa shape index (κ2) is 6.60. The number of amides is 1. The van der Waals surface area contributed by atoms with Crippen LogP contribution in [0.1, 0.15) is 35.2 Å². The summed E-state index contributed by atoms with van der Waals surface area (Å²) in [6, 6.07) is 5.31. The van der Waals surface area contributed by atoms with E-state index in [-0.39, 0.29) is 17.9 Å². The minimum absolute atomic E-state index is 0.187. The number of carbonyl (C=O) groups is 1. The number of nitrogens with zero attached hydrogens (tertiary/aromatic N) is 3. The fourth-order valence-electron chi connectivity index (χ4n) is 1.91. The lowest BCUT2D eigenvalue weighted by Gasteiger charge is -2.02. The van der Waals surface area contributed by atoms with Crippen molar-refractivity contribution in [1.82, 2.24) is 20.5 Å². The molecule has 21 heavy (non-hydrogen) atoms. The van der Waals surface area contributed by atoms with Gasteiger partial charge in [0.25, 0.3) is 5.91 Å². The van der Waals surface area contributed by atoms with Crippen molar-refractivity contribution in [3.8, 4) is 0 Å². The molecule has 0 fully saturated rings. The van der Waals surface area contributed by atoms with Gasteiger partial charge in [-0.25, -0.2) is 0 Å². The molecular formula is C13H15N5O3. The molecule has 0 aromatic carbocycles. The molecule has 2 N–H and O–H groups in total. The van der Waals surface area contributed by atoms with E-state index < -0.39 is 10.8 Å². The number of hydrogen-bond acceptors (Lipinski definition) is 5. The lowest BCUT2D eigenvalue weighted by Crippen LogP contribution is -2.24. The van der Waals surface area contributed by atoms with Crippen molar-refractivity contribution in [2.75, 3.05) is 0 Å². The van der Waals surface area contributed by atoms with E-state index in [0.29, 0.717) is 17.8 Å². The minimum Gasteiger partial charge on any atom is -0.345 e. The number of aromatic nitrogens is 3. The van der Waals surface area contributed by atoms with Gasteiger partial charge in [0, 0.05) is 6.20 Å². The molecule has 0 unspecified atom stereocenters.